The number of imide groups is 1. The average Bonchev–Trinajstić information content (AvgIpc) is 0.777. The summed E-state index contributed by atoms with van der Waals surface area (Å²) in [5.41, 5.74) is -1.67. The number of halogens is 1. The number of nitrogens with one attached hydrogen (secondary N) is 10. The van der Waals surface area contributed by atoms with Gasteiger partial charge in [0.1, 0.15) is 113 Å². The van der Waals surface area contributed by atoms with E-state index in [1.54, 1.807) is 86.6 Å². The Morgan fingerprint density at radius 2 is 1.24 bits per heavy atom. The first-order chi connectivity index (χ1) is 60.4. The van der Waals surface area contributed by atoms with Crippen LogP contribution >= 0.6 is 11.6 Å². The summed E-state index contributed by atoms with van der Waals surface area (Å²) in [7, 11) is 1.29. The number of aliphatic hydroxyl groups is 5. The predicted molar refractivity (Wildman–Crippen MR) is 462 cm³/mol. The molecule has 0 unspecified atom stereocenters. The van der Waals surface area contributed by atoms with E-state index in [-0.39, 0.29) is 103 Å². The number of ether oxygens (including phenoxy) is 6. The molecule has 686 valence electrons. The van der Waals surface area contributed by atoms with E-state index in [1.807, 2.05) is 6.92 Å². The minimum Gasteiger partial charge on any atom is -0.508 e. The van der Waals surface area contributed by atoms with Gasteiger partial charge in [0.15, 0.2) is 11.5 Å². The first-order valence-corrected chi connectivity index (χ1v) is 43.4. The van der Waals surface area contributed by atoms with Gasteiger partial charge in [-0.25, -0.2) is 14.4 Å². The number of carbonyl (C=O) groups excluding carboxylic acids is 11. The number of alkyl carbamates (subject to hydrolysis) is 1. The molecule has 16 rings (SSSR count). The second-order valence-corrected chi connectivity index (χ2v) is 37.1. The van der Waals surface area contributed by atoms with Crippen LogP contribution in [-0.2, 0) is 59.0 Å². The van der Waals surface area contributed by atoms with Crippen molar-refractivity contribution in [3.8, 4) is 51.4 Å². The summed E-state index contributed by atoms with van der Waals surface area (Å²) in [5, 5.41) is 111. The molecule has 15 bridgehead atoms. The van der Waals surface area contributed by atoms with Crippen LogP contribution in [0.3, 0.4) is 0 Å². The van der Waals surface area contributed by atoms with Crippen molar-refractivity contribution < 1.29 is 117 Å². The Labute approximate surface area is 744 Å². The standard InChI is InChI=1S/C92H112ClN11O24/c1-13-14-15-44-16-21-53(22-17-44)95-88(120)97-66(107)39-58-80(113)99-70-52-36-63(123-61-24-19-48(27-42(61)4)74(108)72(85(118)96-58)102-81(114)59(26-41(2)3)104(12)90(122)128-92(9,10)11)79(126-87-78(112)77(111)76(110)65(125-87)40-94-89(121)127-91(6,7)8)64(37-52)124-62-25-20-49(35-57(62)93)75(109)73-86(119)101-71(84(117)98-68-50-30-45-29-46(32-50)33-51(68)31-45)56-38-54(105)28-43(5)67(56)55-34-47(18-23-60(55)106)69(82(115)103-73)100-83(70)116/h16-25,27-28,34-38,41,45-46,50-51,58-59,65,68-78,87,105-106,108-112H,13-15,26,29-33,39-40H2,1-12H3,(H,94,121)(H,96,118)(H,98,117)(H,99,113)(H,100,116)(H,101,119)(H,102,114)(H,103,115)(H2,95,97,107,120)/t45?,46?,50?,51?,58-,59+,65+,68?,69+,70+,71-,72+,73-,74+,75+,76+,77-,78+,87-/m0/s1. The van der Waals surface area contributed by atoms with Crippen molar-refractivity contribution in [2.45, 2.75) is 243 Å². The van der Waals surface area contributed by atoms with E-state index in [4.69, 9.17) is 40.0 Å². The number of carbonyl (C=O) groups is 11. The van der Waals surface area contributed by atoms with Gasteiger partial charge in [-0.3, -0.25) is 48.6 Å². The normalized spacial score (nSPS) is 26.4. The molecule has 35 nitrogen and oxygen atoms in total. The fraction of sp³-hybridized carbons (Fsp3) is 0.489. The van der Waals surface area contributed by atoms with Gasteiger partial charge in [0.25, 0.3) is 0 Å². The molecule has 0 aromatic heterocycles. The van der Waals surface area contributed by atoms with Gasteiger partial charge >= 0.3 is 18.2 Å². The number of fused-ring (bicyclic) bond motifs is 15. The fourth-order valence-corrected chi connectivity index (χ4v) is 18.3. The number of phenolic OH excluding ortho intramolecular Hbond substituents is 2. The van der Waals surface area contributed by atoms with E-state index in [1.165, 1.54) is 74.6 Å². The molecule has 6 aromatic rings. The lowest BCUT2D eigenvalue weighted by Crippen LogP contribution is -2.61. The molecule has 6 aliphatic heterocycles. The maximum Gasteiger partial charge on any atom is 0.410 e. The topological polar surface area (TPSA) is 508 Å². The molecule has 4 aliphatic carbocycles. The number of unbranched alkanes of at least 4 members (excludes halogenated alkanes) is 1. The van der Waals surface area contributed by atoms with Crippen LogP contribution in [0.25, 0.3) is 11.1 Å². The lowest BCUT2D eigenvalue weighted by Gasteiger charge is -2.54. The number of benzene rings is 6. The monoisotopic (exact) mass is 1790 g/mol. The second-order valence-electron chi connectivity index (χ2n) is 36.7. The van der Waals surface area contributed by atoms with E-state index in [0.717, 1.165) is 80.0 Å². The highest BCUT2D eigenvalue weighted by Crippen LogP contribution is 2.55. The molecule has 6 aromatic carbocycles. The third kappa shape index (κ3) is 21.6. The average molecular weight is 1790 g/mol. The summed E-state index contributed by atoms with van der Waals surface area (Å²) < 4.78 is 37.5. The zero-order valence-corrected chi connectivity index (χ0v) is 73.8. The number of likely N-dealkylation sites (N-methyl/N-ethyl adjacent to an activating group) is 1. The van der Waals surface area contributed by atoms with Crippen molar-refractivity contribution in [2.75, 3.05) is 18.9 Å². The van der Waals surface area contributed by atoms with Crippen LogP contribution in [0.2, 0.25) is 5.02 Å². The maximum atomic E-state index is 16.7. The van der Waals surface area contributed by atoms with Crippen LogP contribution in [0.15, 0.2) is 103 Å². The first kappa shape index (κ1) is 93.8. The number of aromatic hydroxyl groups is 2. The highest BCUT2D eigenvalue weighted by molar-refractivity contribution is 6.32. The number of urea groups is 1. The number of rotatable bonds is 17. The molecule has 128 heavy (non-hydrogen) atoms. The van der Waals surface area contributed by atoms with Gasteiger partial charge in [-0.05, 0) is 259 Å². The first-order valence-electron chi connectivity index (χ1n) is 43.0. The van der Waals surface area contributed by atoms with Crippen molar-refractivity contribution in [2.24, 2.45) is 29.6 Å². The van der Waals surface area contributed by atoms with Crippen LogP contribution in [0.1, 0.15) is 195 Å². The van der Waals surface area contributed by atoms with Crippen LogP contribution in [0.4, 0.5) is 20.1 Å². The Morgan fingerprint density at radius 3 is 1.88 bits per heavy atom. The molecule has 1 saturated heterocycles. The fourth-order valence-electron chi connectivity index (χ4n) is 18.1. The van der Waals surface area contributed by atoms with Crippen molar-refractivity contribution in [1.82, 2.24) is 52.8 Å². The molecule has 4 saturated carbocycles. The zero-order valence-electron chi connectivity index (χ0n) is 73.0. The Kier molecular flexibility index (Phi) is 28.3. The minimum absolute atomic E-state index is 0.0562. The predicted octanol–water partition coefficient (Wildman–Crippen LogP) is 8.37. The Balaban J connectivity index is 0.999. The van der Waals surface area contributed by atoms with Gasteiger partial charge in [-0.2, -0.15) is 0 Å². The number of aliphatic hydroxyl groups excluding tert-OH is 5. The van der Waals surface area contributed by atoms with Gasteiger partial charge in [0.05, 0.1) is 11.4 Å². The van der Waals surface area contributed by atoms with Gasteiger partial charge in [0.2, 0.25) is 59.3 Å². The molecule has 12 amide bonds. The quantitative estimate of drug-likeness (QED) is 0.0407. The summed E-state index contributed by atoms with van der Waals surface area (Å²) in [4.78, 5) is 168. The van der Waals surface area contributed by atoms with Gasteiger partial charge in [0, 0.05) is 30.9 Å². The molecule has 14 atom stereocenters. The Morgan fingerprint density at radius 1 is 0.625 bits per heavy atom. The SMILES string of the molecule is CCCCc1ccc(NC(=O)NC(=O)C[C@@H]2NC(=O)[C@H](NC(=O)[C@@H](CC(C)C)N(C)C(=O)OC(C)(C)C)[C@H](O)c3ccc(c(C)c3)Oc3cc4cc(c3O[C@@H]3O[C@H](CNC(=O)OC(C)(C)C)[C@@H](O)[C@H](O)[C@H]3O)Oc3ccc(cc3Cl)[C@@H](O)[C@@H]3NC(=O)[C@H](NC(=O)[C@@H]4NC2=O)c2ccc(O)c(c2)-c2c(C)cc(O)cc2[C@@H](C(=O)NC2C4CC5CC(C4)CC2C5)NC3=O)cc1. The van der Waals surface area contributed by atoms with Crippen LogP contribution < -0.4 is 67.4 Å². The summed E-state index contributed by atoms with van der Waals surface area (Å²) in [6, 6.07) is 6.71. The third-order valence-electron chi connectivity index (χ3n) is 24.1. The molecule has 5 fully saturated rings. The highest BCUT2D eigenvalue weighted by Gasteiger charge is 2.52. The molecule has 6 heterocycles. The maximum absolute atomic E-state index is 16.7. The van der Waals surface area contributed by atoms with Crippen molar-refractivity contribution in [3.05, 3.63) is 153 Å². The number of anilines is 1. The summed E-state index contributed by atoms with van der Waals surface area (Å²) in [6.07, 6.45) is -10.5. The number of aryl methyl sites for hydroxylation is 3. The molecule has 0 radical (unpaired) electrons. The highest BCUT2D eigenvalue weighted by atomic mass is 35.5. The van der Waals surface area contributed by atoms with Crippen molar-refractivity contribution in [3.63, 3.8) is 0 Å². The molecular formula is C92H112ClN11O24. The van der Waals surface area contributed by atoms with E-state index in [2.05, 4.69) is 53.2 Å². The largest absolute Gasteiger partial charge is 0.508 e. The van der Waals surface area contributed by atoms with E-state index in [0.29, 0.717) is 11.8 Å². The van der Waals surface area contributed by atoms with Crippen molar-refractivity contribution >= 4 is 82.8 Å². The van der Waals surface area contributed by atoms with E-state index in [9.17, 15) is 54.9 Å². The number of hydrogen-bond donors (Lipinski definition) is 17. The lowest BCUT2D eigenvalue weighted by molar-refractivity contribution is -0.270. The molecule has 0 spiro atoms. The van der Waals surface area contributed by atoms with Crippen molar-refractivity contribution in [1.29, 1.82) is 0 Å². The zero-order chi connectivity index (χ0) is 92.6. The summed E-state index contributed by atoms with van der Waals surface area (Å²) in [6.45, 7) is 17.6. The lowest BCUT2D eigenvalue weighted by atomic mass is 9.54. The molecule has 10 aliphatic rings. The molecular weight excluding hydrogens is 1680 g/mol. The van der Waals surface area contributed by atoms with Crippen LogP contribution in [0.5, 0.6) is 40.2 Å². The molecule has 36 heteroatoms. The summed E-state index contributed by atoms with van der Waals surface area (Å²) >= 11 is 7.28. The molecule has 17 N–H and O–H groups in total. The van der Waals surface area contributed by atoms with Gasteiger partial charge in [-0.1, -0.05) is 69.1 Å². The Bertz CT molecular complexity index is 5240. The van der Waals surface area contributed by atoms with E-state index >= 15 is 33.6 Å². The minimum atomic E-state index is -2.39. The van der Waals surface area contributed by atoms with Gasteiger partial charge < -0.3 is 112 Å². The number of phenols is 2. The van der Waals surface area contributed by atoms with Crippen LogP contribution in [-0.4, -0.2) is 192 Å². The van der Waals surface area contributed by atoms with Crippen LogP contribution in [0, 0.1) is 43.4 Å². The number of amides is 12. The smallest absolute Gasteiger partial charge is 0.410 e. The third-order valence-corrected chi connectivity index (χ3v) is 24.4. The summed E-state index contributed by atoms with van der Waals surface area (Å²) in [5.74, 6) is -12.2. The number of hydrogen-bond acceptors (Lipinski definition) is 24. The number of nitrogens with zero attached hydrogens (tertiary/aromatic N) is 1. The Hall–Kier alpha value is -11.9. The van der Waals surface area contributed by atoms with Gasteiger partial charge in [-0.15, -0.1) is 0 Å². The second kappa shape index (κ2) is 38.6. The van der Waals surface area contributed by atoms with E-state index < -0.39 is 203 Å².